The van der Waals surface area contributed by atoms with Gasteiger partial charge in [-0.2, -0.15) is 4.73 Å². The molecule has 6 nitrogen and oxygen atoms in total. The fourth-order valence-corrected chi connectivity index (χ4v) is 1.36. The highest BCUT2D eigenvalue weighted by atomic mass is 16.5. The normalized spacial score (nSPS) is 11.2. The second-order valence-corrected chi connectivity index (χ2v) is 2.92. The topological polar surface area (TPSA) is 80.7 Å². The molecule has 76 valence electrons. The summed E-state index contributed by atoms with van der Waals surface area (Å²) in [6.07, 6.45) is 2.09. The zero-order valence-electron chi connectivity index (χ0n) is 7.61. The second-order valence-electron chi connectivity index (χ2n) is 2.92. The van der Waals surface area contributed by atoms with E-state index in [2.05, 4.69) is 5.16 Å². The minimum atomic E-state index is 0.0891. The highest BCUT2D eigenvalue weighted by molar-refractivity contribution is 5.80. The Morgan fingerprint density at radius 1 is 1.40 bits per heavy atom. The van der Waals surface area contributed by atoms with Gasteiger partial charge in [-0.25, -0.2) is 0 Å². The minimum absolute atomic E-state index is 0.0891. The lowest BCUT2D eigenvalue weighted by Gasteiger charge is -2.00. The van der Waals surface area contributed by atoms with Crippen LogP contribution in [0.25, 0.3) is 11.0 Å². The first-order valence-electron chi connectivity index (χ1n) is 4.17. The summed E-state index contributed by atoms with van der Waals surface area (Å²) < 4.78 is 1.38. The molecule has 0 spiro atoms. The predicted octanol–water partition coefficient (Wildman–Crippen LogP) is 0.601. The molecular weight excluding hydrogens is 198 g/mol. The molecule has 2 N–H and O–H groups in total. The van der Waals surface area contributed by atoms with Crippen molar-refractivity contribution < 1.29 is 14.8 Å². The Balaban J connectivity index is 2.90. The van der Waals surface area contributed by atoms with Crippen LogP contribution in [0, 0.1) is 4.91 Å². The summed E-state index contributed by atoms with van der Waals surface area (Å²) in [5.41, 5.74) is 0.756. The number of para-hydroxylation sites is 2. The Morgan fingerprint density at radius 3 is 2.87 bits per heavy atom. The molecule has 0 saturated heterocycles. The lowest BCUT2D eigenvalue weighted by Crippen LogP contribution is -2.20. The predicted molar refractivity (Wildman–Crippen MR) is 51.9 cm³/mol. The Bertz CT molecular complexity index is 589. The van der Waals surface area contributed by atoms with E-state index in [0.717, 1.165) is 17.1 Å². The van der Waals surface area contributed by atoms with Gasteiger partial charge in [0.15, 0.2) is 11.2 Å². The molecule has 2 aromatic rings. The van der Waals surface area contributed by atoms with E-state index in [0.29, 0.717) is 15.5 Å². The molecule has 0 amide bonds. The zero-order valence-corrected chi connectivity index (χ0v) is 7.61. The van der Waals surface area contributed by atoms with Gasteiger partial charge in [0.2, 0.25) is 0 Å². The number of hydrogen-bond donors (Lipinski definition) is 2. The number of aromatic nitrogens is 2. The van der Waals surface area contributed by atoms with Gasteiger partial charge in [0, 0.05) is 11.0 Å². The first kappa shape index (κ1) is 9.20. The van der Waals surface area contributed by atoms with Crippen LogP contribution in [0.3, 0.4) is 0 Å². The molecule has 0 radical (unpaired) electrons. The number of fused-ring (bicyclic) bond motifs is 1. The number of benzene rings is 1. The van der Waals surface area contributed by atoms with Gasteiger partial charge in [0.1, 0.15) is 0 Å². The highest BCUT2D eigenvalue weighted by Crippen LogP contribution is 2.08. The minimum Gasteiger partial charge on any atom is -0.427 e. The van der Waals surface area contributed by atoms with Crippen LogP contribution < -0.4 is 4.43 Å². The maximum atomic E-state index is 11.5. The molecule has 6 heteroatoms. The van der Waals surface area contributed by atoms with Crippen molar-refractivity contribution in [1.82, 2.24) is 4.73 Å². The van der Waals surface area contributed by atoms with Crippen LogP contribution in [-0.2, 0) is 0 Å². The van der Waals surface area contributed by atoms with Gasteiger partial charge in [-0.05, 0) is 6.07 Å². The fraction of sp³-hybridized carbons (Fsp3) is 0. The van der Waals surface area contributed by atoms with Gasteiger partial charge in [0.25, 0.3) is 11.7 Å². The SMILES string of the molecule is O=[n+]1cc(/C=N\O)n(O)c2ccccc21. The Hall–Kier alpha value is -2.37. The molecule has 0 fully saturated rings. The molecule has 1 heterocycles. The number of rotatable bonds is 1. The van der Waals surface area contributed by atoms with Crippen molar-refractivity contribution in [1.29, 1.82) is 0 Å². The summed E-state index contributed by atoms with van der Waals surface area (Å²) in [6.45, 7) is 0. The number of nitrogens with zero attached hydrogens (tertiary/aromatic N) is 3. The first-order chi connectivity index (χ1) is 7.24. The van der Waals surface area contributed by atoms with Gasteiger partial charge < -0.3 is 10.4 Å². The lowest BCUT2D eigenvalue weighted by atomic mass is 10.3. The van der Waals surface area contributed by atoms with Crippen molar-refractivity contribution in [2.75, 3.05) is 0 Å². The molecule has 1 aromatic carbocycles. The molecule has 0 saturated carbocycles. The molecule has 0 bridgehead atoms. The van der Waals surface area contributed by atoms with E-state index in [-0.39, 0.29) is 5.69 Å². The third-order valence-electron chi connectivity index (χ3n) is 2.03. The molecule has 0 aliphatic rings. The van der Waals surface area contributed by atoms with Crippen molar-refractivity contribution >= 4 is 17.2 Å². The van der Waals surface area contributed by atoms with E-state index in [9.17, 15) is 10.1 Å². The van der Waals surface area contributed by atoms with Crippen LogP contribution in [0.15, 0.2) is 35.6 Å². The summed E-state index contributed by atoms with van der Waals surface area (Å²) in [7, 11) is 0. The molecular formula is C9H8N3O3+. The van der Waals surface area contributed by atoms with Crippen LogP contribution in [0.1, 0.15) is 5.69 Å². The van der Waals surface area contributed by atoms with E-state index in [1.165, 1.54) is 0 Å². The molecule has 1 aromatic heterocycles. The quantitative estimate of drug-likeness (QED) is 0.236. The summed E-state index contributed by atoms with van der Waals surface area (Å²) in [5, 5.41) is 20.8. The average Bonchev–Trinajstić information content (AvgIpc) is 2.26. The fourth-order valence-electron chi connectivity index (χ4n) is 1.36. The molecule has 2 rings (SSSR count). The van der Waals surface area contributed by atoms with E-state index >= 15 is 0 Å². The van der Waals surface area contributed by atoms with E-state index in [1.807, 2.05) is 0 Å². The molecule has 0 unspecified atom stereocenters. The van der Waals surface area contributed by atoms with Crippen LogP contribution in [0.4, 0.5) is 0 Å². The average molecular weight is 206 g/mol. The summed E-state index contributed by atoms with van der Waals surface area (Å²) in [4.78, 5) is 11.5. The maximum Gasteiger partial charge on any atom is 0.289 e. The smallest absolute Gasteiger partial charge is 0.289 e. The maximum absolute atomic E-state index is 11.5. The molecule has 0 aliphatic carbocycles. The van der Waals surface area contributed by atoms with Gasteiger partial charge in [-0.1, -0.05) is 17.3 Å². The highest BCUT2D eigenvalue weighted by Gasteiger charge is 2.13. The Labute approximate surface area is 83.9 Å². The standard InChI is InChI=1S/C9H7N3O3/c13-10-5-7-6-11(14)8-3-1-2-4-9(8)12(7)15/h1-6,15H/p+1/b10-5-. The molecule has 0 atom stereocenters. The summed E-state index contributed by atoms with van der Waals surface area (Å²) in [5.74, 6) is 0. The third-order valence-corrected chi connectivity index (χ3v) is 2.03. The lowest BCUT2D eigenvalue weighted by molar-refractivity contribution is -0.465. The second kappa shape index (κ2) is 3.41. The van der Waals surface area contributed by atoms with E-state index in [1.54, 1.807) is 24.3 Å². The largest absolute Gasteiger partial charge is 0.427 e. The van der Waals surface area contributed by atoms with Gasteiger partial charge in [0.05, 0.1) is 10.6 Å². The van der Waals surface area contributed by atoms with E-state index in [4.69, 9.17) is 5.21 Å². The van der Waals surface area contributed by atoms with E-state index < -0.39 is 0 Å². The molecule has 15 heavy (non-hydrogen) atoms. The van der Waals surface area contributed by atoms with Gasteiger partial charge in [-0.15, -0.1) is 0 Å². The van der Waals surface area contributed by atoms with Gasteiger partial charge in [-0.3, -0.25) is 0 Å². The number of hydrogen-bond acceptors (Lipinski definition) is 4. The van der Waals surface area contributed by atoms with Crippen LogP contribution in [0.5, 0.6) is 0 Å². The first-order valence-corrected chi connectivity index (χ1v) is 4.17. The van der Waals surface area contributed by atoms with Crippen LogP contribution in [-0.4, -0.2) is 21.4 Å². The van der Waals surface area contributed by atoms with Crippen molar-refractivity contribution in [2.24, 2.45) is 5.16 Å². The van der Waals surface area contributed by atoms with Crippen molar-refractivity contribution in [3.63, 3.8) is 0 Å². The van der Waals surface area contributed by atoms with Crippen molar-refractivity contribution in [3.05, 3.63) is 41.1 Å². The molecule has 0 aliphatic heterocycles. The van der Waals surface area contributed by atoms with Gasteiger partial charge >= 0.3 is 0 Å². The van der Waals surface area contributed by atoms with Crippen molar-refractivity contribution in [2.45, 2.75) is 0 Å². The monoisotopic (exact) mass is 206 g/mol. The Morgan fingerprint density at radius 2 is 2.13 bits per heavy atom. The zero-order chi connectivity index (χ0) is 10.8. The third kappa shape index (κ3) is 1.41. The Kier molecular flexibility index (Phi) is 2.09. The number of oxime groups is 1. The van der Waals surface area contributed by atoms with Crippen molar-refractivity contribution in [3.8, 4) is 0 Å². The van der Waals surface area contributed by atoms with Crippen LogP contribution in [0.2, 0.25) is 0 Å². The summed E-state index contributed by atoms with van der Waals surface area (Å²) in [6, 6.07) is 6.54. The van der Waals surface area contributed by atoms with Crippen LogP contribution >= 0.6 is 0 Å². The summed E-state index contributed by atoms with van der Waals surface area (Å²) >= 11 is 0.